The largest absolute Gasteiger partial charge is 0.371 e. The molecule has 3 aliphatic rings. The Morgan fingerprint density at radius 1 is 0.909 bits per heavy atom. The number of nitrogens with zero attached hydrogens (tertiary/aromatic N) is 4. The average Bonchev–Trinajstić information content (AvgIpc) is 3.52. The number of aryl methyl sites for hydroxylation is 2. The normalized spacial score (nSPS) is 21.2. The lowest BCUT2D eigenvalue weighted by molar-refractivity contribution is -0.0222. The van der Waals surface area contributed by atoms with Crippen LogP contribution in [0, 0.1) is 19.3 Å². The fraction of sp³-hybridized carbons (Fsp3) is 0.560. The van der Waals surface area contributed by atoms with Gasteiger partial charge in [0.05, 0.1) is 5.56 Å². The van der Waals surface area contributed by atoms with Crippen molar-refractivity contribution in [1.82, 2.24) is 9.97 Å². The molecule has 5 rings (SSSR count). The summed E-state index contributed by atoms with van der Waals surface area (Å²) in [5.74, 6) is -2.07. The van der Waals surface area contributed by atoms with E-state index in [-0.39, 0.29) is 31.8 Å². The van der Waals surface area contributed by atoms with Crippen LogP contribution in [-0.2, 0) is 0 Å². The van der Waals surface area contributed by atoms with E-state index in [0.29, 0.717) is 28.4 Å². The van der Waals surface area contributed by atoms with E-state index >= 15 is 0 Å². The van der Waals surface area contributed by atoms with Gasteiger partial charge in [0.2, 0.25) is 5.95 Å². The number of anilines is 3. The maximum atomic E-state index is 13.5. The molecule has 1 spiro atoms. The van der Waals surface area contributed by atoms with Gasteiger partial charge in [-0.05, 0) is 62.6 Å². The number of piperidine rings is 2. The first-order chi connectivity index (χ1) is 15.7. The second-order valence-corrected chi connectivity index (χ2v) is 10.00. The minimum Gasteiger partial charge on any atom is -0.371 e. The molecule has 3 fully saturated rings. The Balaban J connectivity index is 1.34. The predicted octanol–water partition coefficient (Wildman–Crippen LogP) is 4.96. The van der Waals surface area contributed by atoms with Crippen molar-refractivity contribution in [3.05, 3.63) is 41.1 Å². The molecule has 6 nitrogen and oxygen atoms in total. The molecule has 0 atom stereocenters. The van der Waals surface area contributed by atoms with Crippen LogP contribution in [0.15, 0.2) is 24.3 Å². The molecule has 2 saturated heterocycles. The van der Waals surface area contributed by atoms with Crippen LogP contribution >= 0.6 is 0 Å². The molecule has 3 heterocycles. The average molecular weight is 456 g/mol. The number of rotatable bonds is 4. The Hall–Kier alpha value is -2.77. The molecular formula is C25H31F2N5O. The summed E-state index contributed by atoms with van der Waals surface area (Å²) in [5, 5.41) is 2.93. The second kappa shape index (κ2) is 8.22. The first kappa shape index (κ1) is 22.0. The van der Waals surface area contributed by atoms with Crippen molar-refractivity contribution in [2.75, 3.05) is 41.3 Å². The van der Waals surface area contributed by atoms with Crippen molar-refractivity contribution in [2.45, 2.75) is 58.3 Å². The topological polar surface area (TPSA) is 61.4 Å². The zero-order chi connectivity index (χ0) is 23.2. The first-order valence-electron chi connectivity index (χ1n) is 11.9. The molecule has 1 N–H and O–H groups in total. The van der Waals surface area contributed by atoms with Gasteiger partial charge in [-0.15, -0.1) is 0 Å². The Morgan fingerprint density at radius 2 is 1.58 bits per heavy atom. The van der Waals surface area contributed by atoms with Crippen LogP contribution in [0.5, 0.6) is 0 Å². The Kier molecular flexibility index (Phi) is 5.49. The van der Waals surface area contributed by atoms with Crippen molar-refractivity contribution in [1.29, 1.82) is 0 Å². The molecule has 1 amide bonds. The number of carbonyl (C=O) groups is 1. The molecule has 176 valence electrons. The monoisotopic (exact) mass is 455 g/mol. The lowest BCUT2D eigenvalue weighted by Crippen LogP contribution is -2.40. The van der Waals surface area contributed by atoms with Gasteiger partial charge in [-0.25, -0.2) is 13.8 Å². The van der Waals surface area contributed by atoms with Crippen molar-refractivity contribution in [3.8, 4) is 0 Å². The fourth-order valence-electron chi connectivity index (χ4n) is 4.97. The molecule has 1 aromatic carbocycles. The van der Waals surface area contributed by atoms with Crippen LogP contribution in [0.3, 0.4) is 0 Å². The third-order valence-electron chi connectivity index (χ3n) is 7.38. The number of aromatic nitrogens is 2. The molecule has 1 aromatic heterocycles. The molecule has 1 saturated carbocycles. The maximum absolute atomic E-state index is 13.5. The number of carbonyl (C=O) groups excluding carboxylic acids is 1. The highest BCUT2D eigenvalue weighted by Crippen LogP contribution is 2.54. The molecule has 0 radical (unpaired) electrons. The van der Waals surface area contributed by atoms with Crippen LogP contribution in [0.2, 0.25) is 0 Å². The summed E-state index contributed by atoms with van der Waals surface area (Å²) in [5.41, 5.74) is 3.96. The Labute approximate surface area is 193 Å². The number of halogens is 2. The van der Waals surface area contributed by atoms with Crippen LogP contribution in [0.1, 0.15) is 60.1 Å². The predicted molar refractivity (Wildman–Crippen MR) is 125 cm³/mol. The summed E-state index contributed by atoms with van der Waals surface area (Å²) >= 11 is 0. The van der Waals surface area contributed by atoms with E-state index in [1.165, 1.54) is 25.7 Å². The van der Waals surface area contributed by atoms with Gasteiger partial charge >= 0.3 is 0 Å². The van der Waals surface area contributed by atoms with E-state index in [1.54, 1.807) is 11.0 Å². The fourth-order valence-corrected chi connectivity index (χ4v) is 4.97. The van der Waals surface area contributed by atoms with E-state index in [4.69, 9.17) is 0 Å². The van der Waals surface area contributed by atoms with E-state index in [1.807, 2.05) is 26.0 Å². The number of amides is 1. The highest BCUT2D eigenvalue weighted by atomic mass is 19.3. The van der Waals surface area contributed by atoms with Crippen LogP contribution in [-0.4, -0.2) is 48.0 Å². The SMILES string of the molecule is Cc1ccc(C(=O)Nc2cc(C)nc(N3CCC(F)(F)CC3)n2)c(N2CCC3(CC2)CC3)c1. The van der Waals surface area contributed by atoms with Gasteiger partial charge in [0.15, 0.2) is 0 Å². The lowest BCUT2D eigenvalue weighted by atomic mass is 9.92. The van der Waals surface area contributed by atoms with Gasteiger partial charge in [0.1, 0.15) is 5.82 Å². The summed E-state index contributed by atoms with van der Waals surface area (Å²) < 4.78 is 27.1. The minimum absolute atomic E-state index is 0.197. The Morgan fingerprint density at radius 3 is 2.24 bits per heavy atom. The van der Waals surface area contributed by atoms with Gasteiger partial charge in [-0.3, -0.25) is 4.79 Å². The number of hydrogen-bond donors (Lipinski definition) is 1. The van der Waals surface area contributed by atoms with Crippen molar-refractivity contribution in [3.63, 3.8) is 0 Å². The molecule has 1 aliphatic carbocycles. The van der Waals surface area contributed by atoms with E-state index < -0.39 is 5.92 Å². The summed E-state index contributed by atoms with van der Waals surface area (Å²) in [4.78, 5) is 26.3. The summed E-state index contributed by atoms with van der Waals surface area (Å²) in [6.45, 7) is 6.20. The molecule has 0 unspecified atom stereocenters. The van der Waals surface area contributed by atoms with Crippen molar-refractivity contribution >= 4 is 23.4 Å². The minimum atomic E-state index is -2.63. The zero-order valence-electron chi connectivity index (χ0n) is 19.3. The van der Waals surface area contributed by atoms with Gasteiger partial charge in [-0.1, -0.05) is 6.07 Å². The zero-order valence-corrected chi connectivity index (χ0v) is 19.3. The lowest BCUT2D eigenvalue weighted by Gasteiger charge is -2.35. The number of nitrogens with one attached hydrogen (secondary N) is 1. The molecule has 8 heteroatoms. The van der Waals surface area contributed by atoms with Crippen LogP contribution < -0.4 is 15.1 Å². The van der Waals surface area contributed by atoms with Gasteiger partial charge in [0.25, 0.3) is 11.8 Å². The van der Waals surface area contributed by atoms with Crippen molar-refractivity contribution in [2.24, 2.45) is 5.41 Å². The molecular weight excluding hydrogens is 424 g/mol. The van der Waals surface area contributed by atoms with Gasteiger partial charge < -0.3 is 15.1 Å². The molecule has 0 bridgehead atoms. The molecule has 2 aromatic rings. The Bertz CT molecular complexity index is 1050. The summed E-state index contributed by atoms with van der Waals surface area (Å²) in [7, 11) is 0. The number of alkyl halides is 2. The summed E-state index contributed by atoms with van der Waals surface area (Å²) in [6.07, 6.45) is 4.63. The molecule has 2 aliphatic heterocycles. The smallest absolute Gasteiger partial charge is 0.258 e. The highest BCUT2D eigenvalue weighted by molar-refractivity contribution is 6.08. The highest BCUT2D eigenvalue weighted by Gasteiger charge is 2.44. The van der Waals surface area contributed by atoms with E-state index in [0.717, 1.165) is 24.3 Å². The first-order valence-corrected chi connectivity index (χ1v) is 11.9. The molecule has 33 heavy (non-hydrogen) atoms. The van der Waals surface area contributed by atoms with Crippen LogP contribution in [0.25, 0.3) is 0 Å². The standard InChI is InChI=1S/C25H31F2N5O/c1-17-3-4-19(20(15-17)31-11-7-24(5-6-24)8-12-31)22(33)29-21-16-18(2)28-23(30-21)32-13-9-25(26,27)10-14-32/h3-4,15-16H,5-14H2,1-2H3,(H,28,29,30,33). The maximum Gasteiger partial charge on any atom is 0.258 e. The quantitative estimate of drug-likeness (QED) is 0.706. The van der Waals surface area contributed by atoms with Crippen LogP contribution in [0.4, 0.5) is 26.2 Å². The van der Waals surface area contributed by atoms with E-state index in [9.17, 15) is 13.6 Å². The van der Waals surface area contributed by atoms with Gasteiger partial charge in [-0.2, -0.15) is 4.98 Å². The van der Waals surface area contributed by atoms with E-state index in [2.05, 4.69) is 26.3 Å². The van der Waals surface area contributed by atoms with Crippen molar-refractivity contribution < 1.29 is 13.6 Å². The van der Waals surface area contributed by atoms with Gasteiger partial charge in [0, 0.05) is 56.5 Å². The third kappa shape index (κ3) is 4.80. The third-order valence-corrected chi connectivity index (χ3v) is 7.38. The number of hydrogen-bond acceptors (Lipinski definition) is 5. The number of benzene rings is 1. The summed E-state index contributed by atoms with van der Waals surface area (Å²) in [6, 6.07) is 7.63. The second-order valence-electron chi connectivity index (χ2n) is 10.00.